The number of amides is 1. The van der Waals surface area contributed by atoms with Gasteiger partial charge in [-0.15, -0.1) is 21.5 Å². The summed E-state index contributed by atoms with van der Waals surface area (Å²) in [7, 11) is 1.70. The van der Waals surface area contributed by atoms with Gasteiger partial charge in [0.15, 0.2) is 0 Å². The molecule has 0 aliphatic heterocycles. The molecule has 1 atom stereocenters. The number of carbonyl (C=O) groups is 1. The zero-order valence-electron chi connectivity index (χ0n) is 17.1. The lowest BCUT2D eigenvalue weighted by atomic mass is 10.1. The molecule has 0 unspecified atom stereocenters. The Labute approximate surface area is 184 Å². The molecular weight excluding hydrogens is 420 g/mol. The minimum Gasteiger partial charge on any atom is -0.484 e. The van der Waals surface area contributed by atoms with Crippen LogP contribution in [0.3, 0.4) is 0 Å². The average molecular weight is 445 g/mol. The monoisotopic (exact) mass is 444 g/mol. The molecule has 0 spiro atoms. The molecule has 31 heavy (non-hydrogen) atoms. The van der Waals surface area contributed by atoms with Gasteiger partial charge < -0.3 is 19.2 Å². The first-order chi connectivity index (χ1) is 15.0. The van der Waals surface area contributed by atoms with Crippen molar-refractivity contribution in [1.82, 2.24) is 4.90 Å². The SMILES string of the molecule is CN(CC[C@H](Oc1cccc2ccccc12)c1cccs1)C(=O)COCCO[N+](=O)[O-]. The predicted octanol–water partition coefficient (Wildman–Crippen LogP) is 4.09. The van der Waals surface area contributed by atoms with Gasteiger partial charge in [-0.25, -0.2) is 0 Å². The summed E-state index contributed by atoms with van der Waals surface area (Å²) in [5.41, 5.74) is 0. The highest BCUT2D eigenvalue weighted by atomic mass is 32.1. The van der Waals surface area contributed by atoms with E-state index < -0.39 is 5.09 Å². The van der Waals surface area contributed by atoms with Crippen molar-refractivity contribution in [2.24, 2.45) is 0 Å². The van der Waals surface area contributed by atoms with Crippen LogP contribution in [0.4, 0.5) is 0 Å². The van der Waals surface area contributed by atoms with Crippen LogP contribution in [0.25, 0.3) is 10.8 Å². The minimum atomic E-state index is -0.891. The molecule has 2 aromatic carbocycles. The van der Waals surface area contributed by atoms with Gasteiger partial charge in [0, 0.05) is 30.3 Å². The first-order valence-corrected chi connectivity index (χ1v) is 10.7. The van der Waals surface area contributed by atoms with Gasteiger partial charge in [-0.2, -0.15) is 0 Å². The Morgan fingerprint density at radius 3 is 2.71 bits per heavy atom. The quantitative estimate of drug-likeness (QED) is 0.237. The van der Waals surface area contributed by atoms with Gasteiger partial charge in [-0.3, -0.25) is 4.79 Å². The van der Waals surface area contributed by atoms with Crippen LogP contribution in [-0.4, -0.2) is 49.3 Å². The van der Waals surface area contributed by atoms with E-state index in [1.54, 1.807) is 23.3 Å². The number of ether oxygens (including phenoxy) is 2. The van der Waals surface area contributed by atoms with E-state index in [0.717, 1.165) is 21.4 Å². The van der Waals surface area contributed by atoms with E-state index in [0.29, 0.717) is 13.0 Å². The fraction of sp³-hybridized carbons (Fsp3) is 0.318. The highest BCUT2D eigenvalue weighted by Crippen LogP contribution is 2.32. The van der Waals surface area contributed by atoms with Crippen LogP contribution in [0.15, 0.2) is 60.0 Å². The normalized spacial score (nSPS) is 11.8. The number of likely N-dealkylation sites (N-methyl/N-ethyl adjacent to an activating group) is 1. The summed E-state index contributed by atoms with van der Waals surface area (Å²) < 4.78 is 11.5. The second-order valence-electron chi connectivity index (χ2n) is 6.81. The van der Waals surface area contributed by atoms with Crippen molar-refractivity contribution in [3.8, 4) is 5.75 Å². The second-order valence-corrected chi connectivity index (χ2v) is 7.79. The van der Waals surface area contributed by atoms with Crippen molar-refractivity contribution in [3.05, 3.63) is 75.0 Å². The molecule has 1 heterocycles. The van der Waals surface area contributed by atoms with Crippen LogP contribution in [0.1, 0.15) is 17.4 Å². The third-order valence-corrected chi connectivity index (χ3v) is 5.65. The molecule has 164 valence electrons. The molecule has 8 nitrogen and oxygen atoms in total. The summed E-state index contributed by atoms with van der Waals surface area (Å²) in [6, 6.07) is 18.0. The molecule has 0 aliphatic carbocycles. The maximum atomic E-state index is 12.3. The van der Waals surface area contributed by atoms with Gasteiger partial charge in [-0.1, -0.05) is 42.5 Å². The highest BCUT2D eigenvalue weighted by Gasteiger charge is 2.18. The molecule has 1 amide bonds. The number of carbonyl (C=O) groups excluding carboxylic acids is 1. The first kappa shape index (κ1) is 22.5. The van der Waals surface area contributed by atoms with Gasteiger partial charge in [0.05, 0.1) is 6.61 Å². The first-order valence-electron chi connectivity index (χ1n) is 9.81. The van der Waals surface area contributed by atoms with E-state index in [1.807, 2.05) is 60.0 Å². The van der Waals surface area contributed by atoms with Crippen LogP contribution >= 0.6 is 11.3 Å². The number of nitrogens with zero attached hydrogens (tertiary/aromatic N) is 2. The molecular formula is C22H24N2O6S. The smallest absolute Gasteiger partial charge is 0.294 e. The molecule has 9 heteroatoms. The average Bonchev–Trinajstić information content (AvgIpc) is 3.30. The molecule has 3 rings (SSSR count). The maximum Gasteiger partial charge on any atom is 0.294 e. The minimum absolute atomic E-state index is 0.0252. The van der Waals surface area contributed by atoms with E-state index in [1.165, 1.54) is 0 Å². The number of thiophene rings is 1. The lowest BCUT2D eigenvalue weighted by Crippen LogP contribution is -2.32. The van der Waals surface area contributed by atoms with Gasteiger partial charge >= 0.3 is 0 Å². The van der Waals surface area contributed by atoms with Crippen molar-refractivity contribution in [1.29, 1.82) is 0 Å². The van der Waals surface area contributed by atoms with E-state index in [4.69, 9.17) is 9.47 Å². The summed E-state index contributed by atoms with van der Waals surface area (Å²) in [5, 5.41) is 13.4. The largest absolute Gasteiger partial charge is 0.484 e. The Kier molecular flexibility index (Phi) is 8.19. The topological polar surface area (TPSA) is 91.1 Å². The number of hydrogen-bond donors (Lipinski definition) is 0. The lowest BCUT2D eigenvalue weighted by molar-refractivity contribution is -0.758. The lowest BCUT2D eigenvalue weighted by Gasteiger charge is -2.23. The maximum absolute atomic E-state index is 12.3. The Morgan fingerprint density at radius 1 is 1.13 bits per heavy atom. The summed E-state index contributed by atoms with van der Waals surface area (Å²) >= 11 is 1.62. The molecule has 0 saturated carbocycles. The number of hydrogen-bond acceptors (Lipinski definition) is 7. The van der Waals surface area contributed by atoms with Crippen molar-refractivity contribution < 1.29 is 24.2 Å². The summed E-state index contributed by atoms with van der Waals surface area (Å²) in [6.45, 7) is 0.0816. The van der Waals surface area contributed by atoms with Crippen LogP contribution in [0.2, 0.25) is 0 Å². The Bertz CT molecular complexity index is 989. The molecule has 1 aromatic heterocycles. The van der Waals surface area contributed by atoms with Crippen molar-refractivity contribution >= 4 is 28.0 Å². The number of benzene rings is 2. The fourth-order valence-electron chi connectivity index (χ4n) is 3.06. The highest BCUT2D eigenvalue weighted by molar-refractivity contribution is 7.10. The molecule has 3 aromatic rings. The van der Waals surface area contributed by atoms with E-state index in [9.17, 15) is 14.9 Å². The van der Waals surface area contributed by atoms with Crippen LogP contribution in [0, 0.1) is 10.1 Å². The van der Waals surface area contributed by atoms with Gasteiger partial charge in [0.25, 0.3) is 5.09 Å². The Hall–Kier alpha value is -3.17. The van der Waals surface area contributed by atoms with Crippen molar-refractivity contribution in [3.63, 3.8) is 0 Å². The zero-order valence-corrected chi connectivity index (χ0v) is 18.0. The molecule has 0 fully saturated rings. The summed E-state index contributed by atoms with van der Waals surface area (Å²) in [4.78, 5) is 29.2. The summed E-state index contributed by atoms with van der Waals surface area (Å²) in [5.74, 6) is 0.593. The van der Waals surface area contributed by atoms with Crippen molar-refractivity contribution in [2.45, 2.75) is 12.5 Å². The molecule has 0 saturated heterocycles. The van der Waals surface area contributed by atoms with Crippen LogP contribution < -0.4 is 4.74 Å². The summed E-state index contributed by atoms with van der Waals surface area (Å²) in [6.07, 6.45) is 0.409. The third kappa shape index (κ3) is 6.66. The van der Waals surface area contributed by atoms with Crippen LogP contribution in [0.5, 0.6) is 5.75 Å². The zero-order chi connectivity index (χ0) is 22.1. The van der Waals surface area contributed by atoms with Gasteiger partial charge in [0.2, 0.25) is 5.91 Å². The van der Waals surface area contributed by atoms with Gasteiger partial charge in [0.1, 0.15) is 25.1 Å². The third-order valence-electron chi connectivity index (χ3n) is 4.68. The molecule has 0 N–H and O–H groups in total. The molecule has 0 bridgehead atoms. The number of fused-ring (bicyclic) bond motifs is 1. The van der Waals surface area contributed by atoms with E-state index >= 15 is 0 Å². The van der Waals surface area contributed by atoms with Crippen molar-refractivity contribution in [2.75, 3.05) is 33.4 Å². The standard InChI is InChI=1S/C22H24N2O6S/c1-23(22(25)16-28-13-14-29-24(26)27)12-11-20(21-10-5-15-31-21)30-19-9-4-7-17-6-2-3-8-18(17)19/h2-10,15,20H,11-14,16H2,1H3/t20-/m0/s1. The molecule has 0 radical (unpaired) electrons. The van der Waals surface area contributed by atoms with E-state index in [-0.39, 0.29) is 31.8 Å². The van der Waals surface area contributed by atoms with Crippen LogP contribution in [-0.2, 0) is 14.4 Å². The Morgan fingerprint density at radius 2 is 1.94 bits per heavy atom. The predicted molar refractivity (Wildman–Crippen MR) is 118 cm³/mol. The van der Waals surface area contributed by atoms with Gasteiger partial charge in [-0.05, 0) is 22.9 Å². The second kappa shape index (κ2) is 11.3. The van der Waals surface area contributed by atoms with E-state index in [2.05, 4.69) is 4.84 Å². The Balaban J connectivity index is 1.58. The fourth-order valence-corrected chi connectivity index (χ4v) is 3.85. The molecule has 0 aliphatic rings. The number of rotatable bonds is 12.